The minimum absolute atomic E-state index is 0.557. The van der Waals surface area contributed by atoms with Gasteiger partial charge in [0.15, 0.2) is 0 Å². The van der Waals surface area contributed by atoms with Crippen molar-refractivity contribution in [2.24, 2.45) is 0 Å². The summed E-state index contributed by atoms with van der Waals surface area (Å²) in [7, 11) is 0. The Hall–Kier alpha value is -4.51. The van der Waals surface area contributed by atoms with Crippen LogP contribution in [0.1, 0.15) is 17.0 Å². The molecule has 4 rings (SSSR count). The second-order valence-corrected chi connectivity index (χ2v) is 7.08. The number of rotatable bonds is 7. The summed E-state index contributed by atoms with van der Waals surface area (Å²) >= 11 is 0. The molecule has 0 aliphatic carbocycles. The highest BCUT2D eigenvalue weighted by Gasteiger charge is 2.19. The summed E-state index contributed by atoms with van der Waals surface area (Å²) in [4.78, 5) is 0. The molecular weight excluding hydrogens is 394 g/mol. The summed E-state index contributed by atoms with van der Waals surface area (Å²) in [5, 5.41) is 10.0. The fourth-order valence-electron chi connectivity index (χ4n) is 3.41. The molecule has 4 aromatic carbocycles. The topological polar surface area (TPSA) is 42.2 Å². The predicted molar refractivity (Wildman–Crippen MR) is 127 cm³/mol. The molecule has 1 unspecified atom stereocenters. The summed E-state index contributed by atoms with van der Waals surface area (Å²) in [6.07, 6.45) is 0. The van der Waals surface area contributed by atoms with Gasteiger partial charge in [0.05, 0.1) is 6.07 Å². The molecule has 1 atom stereocenters. The summed E-state index contributed by atoms with van der Waals surface area (Å²) in [6, 6.07) is 36.7. The lowest BCUT2D eigenvalue weighted by Crippen LogP contribution is -2.00. The van der Waals surface area contributed by atoms with Crippen LogP contribution in [-0.2, 0) is 0 Å². The van der Waals surface area contributed by atoms with Crippen LogP contribution in [0.5, 0.6) is 23.0 Å². The zero-order chi connectivity index (χ0) is 22.2. The van der Waals surface area contributed by atoms with Gasteiger partial charge >= 0.3 is 0 Å². The maximum absolute atomic E-state index is 10.0. The molecule has 154 valence electrons. The Morgan fingerprint density at radius 3 is 1.75 bits per heavy atom. The molecule has 0 aliphatic heterocycles. The Bertz CT molecular complexity index is 1280. The van der Waals surface area contributed by atoms with Gasteiger partial charge in [-0.3, -0.25) is 0 Å². The zero-order valence-electron chi connectivity index (χ0n) is 17.4. The van der Waals surface area contributed by atoms with Crippen molar-refractivity contribution in [3.05, 3.63) is 133 Å². The second-order valence-electron chi connectivity index (χ2n) is 7.08. The third kappa shape index (κ3) is 4.96. The van der Waals surface area contributed by atoms with Crippen LogP contribution in [-0.4, -0.2) is 0 Å². The maximum atomic E-state index is 10.0. The first kappa shape index (κ1) is 20.8. The van der Waals surface area contributed by atoms with Crippen molar-refractivity contribution in [1.29, 1.82) is 5.26 Å². The first-order valence-electron chi connectivity index (χ1n) is 10.2. The van der Waals surface area contributed by atoms with E-state index in [9.17, 15) is 5.26 Å². The minimum Gasteiger partial charge on any atom is -0.457 e. The van der Waals surface area contributed by atoms with Gasteiger partial charge in [0.1, 0.15) is 28.9 Å². The molecule has 4 aromatic rings. The lowest BCUT2D eigenvalue weighted by Gasteiger charge is -2.15. The molecule has 3 nitrogen and oxygen atoms in total. The number of nitrogens with zero attached hydrogens (tertiary/aromatic N) is 1. The Kier molecular flexibility index (Phi) is 6.48. The second kappa shape index (κ2) is 10.00. The lowest BCUT2D eigenvalue weighted by atomic mass is 9.88. The number of ether oxygens (including phenoxy) is 2. The van der Waals surface area contributed by atoms with Gasteiger partial charge in [-0.15, -0.1) is 5.73 Å². The van der Waals surface area contributed by atoms with Gasteiger partial charge in [-0.1, -0.05) is 67.2 Å². The van der Waals surface area contributed by atoms with Gasteiger partial charge in [0.25, 0.3) is 0 Å². The van der Waals surface area contributed by atoms with Gasteiger partial charge < -0.3 is 9.47 Å². The summed E-state index contributed by atoms with van der Waals surface area (Å²) in [5.41, 5.74) is 5.29. The Morgan fingerprint density at radius 1 is 0.656 bits per heavy atom. The van der Waals surface area contributed by atoms with Crippen molar-refractivity contribution in [2.45, 2.75) is 5.92 Å². The van der Waals surface area contributed by atoms with Crippen LogP contribution in [0.4, 0.5) is 0 Å². The molecule has 32 heavy (non-hydrogen) atoms. The van der Waals surface area contributed by atoms with Crippen molar-refractivity contribution < 1.29 is 9.47 Å². The van der Waals surface area contributed by atoms with Crippen LogP contribution in [0, 0.1) is 11.3 Å². The molecule has 0 radical (unpaired) electrons. The molecule has 0 N–H and O–H groups in total. The molecule has 0 aliphatic rings. The molecule has 0 heterocycles. The van der Waals surface area contributed by atoms with Crippen LogP contribution in [0.25, 0.3) is 5.57 Å². The smallest absolute Gasteiger partial charge is 0.128 e. The van der Waals surface area contributed by atoms with E-state index in [0.717, 1.165) is 22.6 Å². The first-order valence-corrected chi connectivity index (χ1v) is 10.2. The molecule has 3 heteroatoms. The third-order valence-corrected chi connectivity index (χ3v) is 4.90. The summed E-state index contributed by atoms with van der Waals surface area (Å²) in [6.45, 7) is 3.85. The third-order valence-electron chi connectivity index (χ3n) is 4.90. The Labute approximate surface area is 188 Å². The van der Waals surface area contributed by atoms with Crippen molar-refractivity contribution in [2.75, 3.05) is 0 Å². The van der Waals surface area contributed by atoms with Crippen molar-refractivity contribution >= 4 is 5.57 Å². The molecule has 0 saturated heterocycles. The van der Waals surface area contributed by atoms with Crippen LogP contribution in [0.2, 0.25) is 0 Å². The van der Waals surface area contributed by atoms with E-state index in [1.165, 1.54) is 0 Å². The van der Waals surface area contributed by atoms with Crippen molar-refractivity contribution in [3.63, 3.8) is 0 Å². The standard InChI is InChI=1S/C29H21NO2/c1-2-28(22-11-9-17-26(19-22)31-24-13-5-3-6-14-24)29(21-30)23-12-10-18-27(20-23)32-25-15-7-4-8-16-25/h3-20,29H,1H2. The van der Waals surface area contributed by atoms with E-state index in [-0.39, 0.29) is 0 Å². The van der Waals surface area contributed by atoms with E-state index in [0.29, 0.717) is 17.1 Å². The molecular formula is C29H21NO2. The Morgan fingerprint density at radius 2 is 1.19 bits per heavy atom. The predicted octanol–water partition coefficient (Wildman–Crippen LogP) is 7.75. The van der Waals surface area contributed by atoms with Crippen molar-refractivity contribution in [1.82, 2.24) is 0 Å². The zero-order valence-corrected chi connectivity index (χ0v) is 17.4. The molecule has 0 saturated carbocycles. The molecule has 0 bridgehead atoms. The SMILES string of the molecule is C=C=C(c1cccc(Oc2ccccc2)c1)C(C#N)c1cccc(Oc2ccccc2)c1. The monoisotopic (exact) mass is 415 g/mol. The maximum Gasteiger partial charge on any atom is 0.128 e. The fourth-order valence-corrected chi connectivity index (χ4v) is 3.41. The molecule has 0 fully saturated rings. The van der Waals surface area contributed by atoms with Gasteiger partial charge in [0.2, 0.25) is 0 Å². The number of nitriles is 1. The van der Waals surface area contributed by atoms with E-state index in [1.807, 2.05) is 109 Å². The van der Waals surface area contributed by atoms with Crippen LogP contribution in [0.3, 0.4) is 0 Å². The van der Waals surface area contributed by atoms with Crippen LogP contribution < -0.4 is 9.47 Å². The molecule has 0 spiro atoms. The average molecular weight is 415 g/mol. The van der Waals surface area contributed by atoms with E-state index >= 15 is 0 Å². The quantitative estimate of drug-likeness (QED) is 0.290. The van der Waals surface area contributed by atoms with Crippen molar-refractivity contribution in [3.8, 4) is 29.1 Å². The van der Waals surface area contributed by atoms with Gasteiger partial charge in [0, 0.05) is 5.57 Å². The average Bonchev–Trinajstić information content (AvgIpc) is 2.84. The highest BCUT2D eigenvalue weighted by molar-refractivity contribution is 5.74. The van der Waals surface area contributed by atoms with Crippen LogP contribution in [0.15, 0.2) is 122 Å². The number of hydrogen-bond donors (Lipinski definition) is 0. The van der Waals surface area contributed by atoms with Gasteiger partial charge in [-0.25, -0.2) is 0 Å². The summed E-state index contributed by atoms with van der Waals surface area (Å²) in [5.74, 6) is 2.27. The van der Waals surface area contributed by atoms with E-state index in [4.69, 9.17) is 9.47 Å². The van der Waals surface area contributed by atoms with Gasteiger partial charge in [-0.2, -0.15) is 5.26 Å². The lowest BCUT2D eigenvalue weighted by molar-refractivity contribution is 0.481. The number of benzene rings is 4. The normalized spacial score (nSPS) is 11.0. The number of hydrogen-bond acceptors (Lipinski definition) is 3. The molecule has 0 amide bonds. The van der Waals surface area contributed by atoms with Crippen LogP contribution >= 0.6 is 0 Å². The molecule has 0 aromatic heterocycles. The highest BCUT2D eigenvalue weighted by atomic mass is 16.5. The Balaban J connectivity index is 1.61. The van der Waals surface area contributed by atoms with E-state index in [2.05, 4.69) is 18.4 Å². The van der Waals surface area contributed by atoms with Gasteiger partial charge in [-0.05, 0) is 59.7 Å². The minimum atomic E-state index is -0.557. The van der Waals surface area contributed by atoms with E-state index < -0.39 is 5.92 Å². The summed E-state index contributed by atoms with van der Waals surface area (Å²) < 4.78 is 11.9. The fraction of sp³-hybridized carbons (Fsp3) is 0.0345. The highest BCUT2D eigenvalue weighted by Crippen LogP contribution is 2.35. The largest absolute Gasteiger partial charge is 0.457 e. The first-order chi connectivity index (χ1) is 15.8. The number of allylic oxidation sites excluding steroid dienone is 1. The van der Waals surface area contributed by atoms with E-state index in [1.54, 1.807) is 0 Å². The number of para-hydroxylation sites is 2.